The van der Waals surface area contributed by atoms with Gasteiger partial charge in [0.05, 0.1) is 22.1 Å². The van der Waals surface area contributed by atoms with Crippen molar-refractivity contribution in [1.29, 1.82) is 0 Å². The van der Waals surface area contributed by atoms with Crippen molar-refractivity contribution in [1.82, 2.24) is 14.1 Å². The Bertz CT molecular complexity index is 2100. The van der Waals surface area contributed by atoms with Crippen molar-refractivity contribution in [2.45, 2.75) is 0 Å². The summed E-state index contributed by atoms with van der Waals surface area (Å²) in [7, 11) is 0. The van der Waals surface area contributed by atoms with E-state index in [0.29, 0.717) is 0 Å². The summed E-state index contributed by atoms with van der Waals surface area (Å²) in [6.07, 6.45) is 2.14. The van der Waals surface area contributed by atoms with Gasteiger partial charge in [0, 0.05) is 38.8 Å². The third kappa shape index (κ3) is 2.65. The van der Waals surface area contributed by atoms with Gasteiger partial charge in [0.1, 0.15) is 5.82 Å². The lowest BCUT2D eigenvalue weighted by Gasteiger charge is -2.11. The van der Waals surface area contributed by atoms with E-state index in [1.54, 1.807) is 0 Å². The van der Waals surface area contributed by atoms with Gasteiger partial charge in [0.2, 0.25) is 0 Å². The van der Waals surface area contributed by atoms with Crippen molar-refractivity contribution in [2.75, 3.05) is 0 Å². The largest absolute Gasteiger partial charge is 0.309 e. The second-order valence-corrected chi connectivity index (χ2v) is 9.29. The summed E-state index contributed by atoms with van der Waals surface area (Å²) >= 11 is 0. The van der Waals surface area contributed by atoms with Crippen LogP contribution in [0, 0.1) is 0 Å². The van der Waals surface area contributed by atoms with Gasteiger partial charge in [0.15, 0.2) is 0 Å². The molecule has 0 radical (unpaired) electrons. The van der Waals surface area contributed by atoms with Crippen LogP contribution < -0.4 is 0 Å². The standard InChI is InChI=1S/C33H21N3/c1-2-9-24(10-3-1)36-29-13-7-5-11-27(29)32-25-16-14-23-20-21-35(33(23)26(25)17-18-30(32)36)31-19-15-22-8-4-6-12-28(22)34-31/h1-21H. The van der Waals surface area contributed by atoms with Crippen molar-refractivity contribution in [2.24, 2.45) is 0 Å². The van der Waals surface area contributed by atoms with E-state index in [1.165, 1.54) is 49.2 Å². The first-order chi connectivity index (χ1) is 17.9. The van der Waals surface area contributed by atoms with E-state index in [-0.39, 0.29) is 0 Å². The van der Waals surface area contributed by atoms with Crippen LogP contribution in [0.4, 0.5) is 0 Å². The number of fused-ring (bicyclic) bond motifs is 8. The molecule has 0 atom stereocenters. The molecule has 0 spiro atoms. The van der Waals surface area contributed by atoms with E-state index in [0.717, 1.165) is 16.7 Å². The Hall–Kier alpha value is -4.89. The van der Waals surface area contributed by atoms with Crippen LogP contribution in [0.2, 0.25) is 0 Å². The molecule has 5 aromatic carbocycles. The summed E-state index contributed by atoms with van der Waals surface area (Å²) in [5.41, 5.74) is 5.81. The maximum atomic E-state index is 4.99. The van der Waals surface area contributed by atoms with Crippen LogP contribution >= 0.6 is 0 Å². The fourth-order valence-electron chi connectivity index (χ4n) is 5.74. The molecule has 0 saturated carbocycles. The Labute approximate surface area is 207 Å². The molecule has 3 heteroatoms. The van der Waals surface area contributed by atoms with Gasteiger partial charge in [-0.2, -0.15) is 0 Å². The molecule has 0 unspecified atom stereocenters. The van der Waals surface area contributed by atoms with Gasteiger partial charge < -0.3 is 9.13 Å². The Morgan fingerprint density at radius 2 is 1.28 bits per heavy atom. The molecule has 3 nitrogen and oxygen atoms in total. The first-order valence-electron chi connectivity index (χ1n) is 12.2. The summed E-state index contributed by atoms with van der Waals surface area (Å²) < 4.78 is 4.60. The quantitative estimate of drug-likeness (QED) is 0.254. The topological polar surface area (TPSA) is 22.8 Å². The van der Waals surface area contributed by atoms with Crippen molar-refractivity contribution in [3.05, 3.63) is 128 Å². The van der Waals surface area contributed by atoms with Crippen molar-refractivity contribution < 1.29 is 0 Å². The Balaban J connectivity index is 1.48. The zero-order chi connectivity index (χ0) is 23.6. The van der Waals surface area contributed by atoms with E-state index in [1.807, 2.05) is 6.07 Å². The molecule has 0 aliphatic heterocycles. The van der Waals surface area contributed by atoms with Crippen molar-refractivity contribution >= 4 is 54.4 Å². The molecular formula is C33H21N3. The molecule has 0 N–H and O–H groups in total. The van der Waals surface area contributed by atoms with E-state index in [2.05, 4.69) is 131 Å². The number of hydrogen-bond donors (Lipinski definition) is 0. The molecule has 8 aromatic rings. The summed E-state index contributed by atoms with van der Waals surface area (Å²) in [6, 6.07) is 43.1. The van der Waals surface area contributed by atoms with Gasteiger partial charge in [-0.1, -0.05) is 72.8 Å². The van der Waals surface area contributed by atoms with Crippen molar-refractivity contribution in [3.63, 3.8) is 0 Å². The molecule has 0 aliphatic rings. The summed E-state index contributed by atoms with van der Waals surface area (Å²) in [5, 5.41) is 7.40. The lowest BCUT2D eigenvalue weighted by atomic mass is 10.0. The predicted octanol–water partition coefficient (Wildman–Crippen LogP) is 8.43. The third-order valence-electron chi connectivity index (χ3n) is 7.33. The smallest absolute Gasteiger partial charge is 0.137 e. The lowest BCUT2D eigenvalue weighted by Crippen LogP contribution is -1.97. The minimum absolute atomic E-state index is 0.933. The second-order valence-electron chi connectivity index (χ2n) is 9.29. The number of hydrogen-bond acceptors (Lipinski definition) is 1. The molecule has 8 rings (SSSR count). The van der Waals surface area contributed by atoms with E-state index >= 15 is 0 Å². The number of para-hydroxylation sites is 3. The number of rotatable bonds is 2. The van der Waals surface area contributed by atoms with E-state index in [9.17, 15) is 0 Å². The average molecular weight is 460 g/mol. The first kappa shape index (κ1) is 19.4. The highest BCUT2D eigenvalue weighted by atomic mass is 15.1. The molecule has 0 aliphatic carbocycles. The van der Waals surface area contributed by atoms with Crippen LogP contribution in [0.1, 0.15) is 0 Å². The second kappa shape index (κ2) is 7.30. The fraction of sp³-hybridized carbons (Fsp3) is 0. The molecular weight excluding hydrogens is 438 g/mol. The third-order valence-corrected chi connectivity index (χ3v) is 7.33. The Morgan fingerprint density at radius 3 is 2.22 bits per heavy atom. The van der Waals surface area contributed by atoms with E-state index in [4.69, 9.17) is 4.98 Å². The predicted molar refractivity (Wildman–Crippen MR) is 150 cm³/mol. The molecule has 0 bridgehead atoms. The van der Waals surface area contributed by atoms with Crippen LogP contribution in [0.5, 0.6) is 0 Å². The summed E-state index contributed by atoms with van der Waals surface area (Å²) in [4.78, 5) is 4.99. The van der Waals surface area contributed by atoms with Gasteiger partial charge in [-0.3, -0.25) is 0 Å². The van der Waals surface area contributed by atoms with Crippen LogP contribution in [0.3, 0.4) is 0 Å². The summed E-state index contributed by atoms with van der Waals surface area (Å²) in [5.74, 6) is 0.933. The SMILES string of the molecule is c1ccc(-n2c3ccccc3c3c4ccc5ccn(-c6ccc7ccccc7n6)c5c4ccc32)cc1. The molecule has 0 amide bonds. The number of benzene rings is 5. The Kier molecular flexibility index (Phi) is 3.94. The highest BCUT2D eigenvalue weighted by molar-refractivity contribution is 6.25. The zero-order valence-corrected chi connectivity index (χ0v) is 19.5. The molecule has 3 aromatic heterocycles. The maximum absolute atomic E-state index is 4.99. The van der Waals surface area contributed by atoms with Gasteiger partial charge in [-0.25, -0.2) is 4.98 Å². The summed E-state index contributed by atoms with van der Waals surface area (Å²) in [6.45, 7) is 0. The first-order valence-corrected chi connectivity index (χ1v) is 12.2. The van der Waals surface area contributed by atoms with Crippen LogP contribution in [0.25, 0.3) is 65.9 Å². The van der Waals surface area contributed by atoms with Gasteiger partial charge in [-0.05, 0) is 53.9 Å². The Morgan fingerprint density at radius 1 is 0.500 bits per heavy atom. The molecule has 0 saturated heterocycles. The number of nitrogens with zero attached hydrogens (tertiary/aromatic N) is 3. The minimum atomic E-state index is 0.933. The maximum Gasteiger partial charge on any atom is 0.137 e. The van der Waals surface area contributed by atoms with E-state index < -0.39 is 0 Å². The molecule has 3 heterocycles. The monoisotopic (exact) mass is 459 g/mol. The lowest BCUT2D eigenvalue weighted by molar-refractivity contribution is 1.07. The van der Waals surface area contributed by atoms with Crippen LogP contribution in [-0.4, -0.2) is 14.1 Å². The number of pyridine rings is 1. The molecule has 168 valence electrons. The van der Waals surface area contributed by atoms with Crippen LogP contribution in [0.15, 0.2) is 128 Å². The normalized spacial score (nSPS) is 11.9. The van der Waals surface area contributed by atoms with Gasteiger partial charge in [-0.15, -0.1) is 0 Å². The zero-order valence-electron chi connectivity index (χ0n) is 19.5. The number of aromatic nitrogens is 3. The average Bonchev–Trinajstić information content (AvgIpc) is 3.53. The van der Waals surface area contributed by atoms with Gasteiger partial charge >= 0.3 is 0 Å². The highest BCUT2D eigenvalue weighted by Crippen LogP contribution is 2.39. The minimum Gasteiger partial charge on any atom is -0.309 e. The molecule has 36 heavy (non-hydrogen) atoms. The van der Waals surface area contributed by atoms with Crippen molar-refractivity contribution in [3.8, 4) is 11.5 Å². The van der Waals surface area contributed by atoms with Gasteiger partial charge in [0.25, 0.3) is 0 Å². The fourth-order valence-corrected chi connectivity index (χ4v) is 5.74. The van der Waals surface area contributed by atoms with Crippen LogP contribution in [-0.2, 0) is 0 Å². The molecule has 0 fully saturated rings. The highest BCUT2D eigenvalue weighted by Gasteiger charge is 2.17.